The highest BCUT2D eigenvalue weighted by atomic mass is 19.4. The summed E-state index contributed by atoms with van der Waals surface area (Å²) in [6.07, 6.45) is -4.59. The number of H-pyrrole nitrogens is 1. The molecule has 19 heavy (non-hydrogen) atoms. The largest absolute Gasteiger partial charge is 0.419 e. The van der Waals surface area contributed by atoms with Crippen LogP contribution in [0.5, 0.6) is 0 Å². The number of hydrogen-bond acceptors (Lipinski definition) is 2. The van der Waals surface area contributed by atoms with Crippen molar-refractivity contribution in [1.82, 2.24) is 4.98 Å². The Morgan fingerprint density at radius 2 is 1.79 bits per heavy atom. The summed E-state index contributed by atoms with van der Waals surface area (Å²) < 4.78 is 38.1. The average Bonchev–Trinajstić information content (AvgIpc) is 2.83. The summed E-state index contributed by atoms with van der Waals surface area (Å²) in [5.74, 6) is 0. The molecule has 2 rings (SSSR count). The van der Waals surface area contributed by atoms with E-state index in [0.29, 0.717) is 11.1 Å². The number of nitrogens with zero attached hydrogens (tertiary/aromatic N) is 2. The zero-order valence-electron chi connectivity index (χ0n) is 9.42. The molecule has 0 atom stereocenters. The van der Waals surface area contributed by atoms with Crippen molar-refractivity contribution in [1.29, 1.82) is 10.5 Å². The summed E-state index contributed by atoms with van der Waals surface area (Å²) in [6.45, 7) is 0. The SMILES string of the molecule is N#Cc1cccc(-c2cc(C(F)(F)F)c(C#N)[nH]2)c1. The number of nitriles is 2. The molecule has 2 aromatic rings. The van der Waals surface area contributed by atoms with Gasteiger partial charge in [-0.3, -0.25) is 0 Å². The molecular formula is C13H6F3N3. The molecule has 0 radical (unpaired) electrons. The lowest BCUT2D eigenvalue weighted by molar-refractivity contribution is -0.137. The van der Waals surface area contributed by atoms with Crippen LogP contribution in [0.4, 0.5) is 13.2 Å². The predicted molar refractivity (Wildman–Crippen MR) is 60.7 cm³/mol. The Morgan fingerprint density at radius 3 is 2.32 bits per heavy atom. The second kappa shape index (κ2) is 4.51. The topological polar surface area (TPSA) is 63.4 Å². The molecule has 94 valence electrons. The van der Waals surface area contributed by atoms with Crippen LogP contribution < -0.4 is 0 Å². The van der Waals surface area contributed by atoms with E-state index in [2.05, 4.69) is 4.98 Å². The molecule has 0 unspecified atom stereocenters. The van der Waals surface area contributed by atoms with Gasteiger partial charge in [0.2, 0.25) is 0 Å². The van der Waals surface area contributed by atoms with Crippen molar-refractivity contribution in [2.24, 2.45) is 0 Å². The number of alkyl halides is 3. The second-order valence-corrected chi connectivity index (χ2v) is 3.77. The molecule has 0 aliphatic carbocycles. The van der Waals surface area contributed by atoms with Gasteiger partial charge in [-0.2, -0.15) is 23.7 Å². The highest BCUT2D eigenvalue weighted by Gasteiger charge is 2.35. The van der Waals surface area contributed by atoms with Gasteiger partial charge in [0.05, 0.1) is 17.2 Å². The van der Waals surface area contributed by atoms with Gasteiger partial charge in [-0.1, -0.05) is 12.1 Å². The fraction of sp³-hybridized carbons (Fsp3) is 0.0769. The first kappa shape index (κ1) is 12.7. The van der Waals surface area contributed by atoms with Gasteiger partial charge in [0.25, 0.3) is 0 Å². The van der Waals surface area contributed by atoms with Crippen LogP contribution in [0.15, 0.2) is 30.3 Å². The Balaban J connectivity index is 2.56. The van der Waals surface area contributed by atoms with Crippen molar-refractivity contribution in [3.05, 3.63) is 47.2 Å². The van der Waals surface area contributed by atoms with Gasteiger partial charge in [-0.25, -0.2) is 0 Å². The Bertz CT molecular complexity index is 699. The molecule has 0 spiro atoms. The van der Waals surface area contributed by atoms with Gasteiger partial charge in [0, 0.05) is 5.69 Å². The van der Waals surface area contributed by atoms with Crippen LogP contribution in [0.3, 0.4) is 0 Å². The van der Waals surface area contributed by atoms with E-state index in [1.54, 1.807) is 18.2 Å². The molecule has 0 amide bonds. The minimum atomic E-state index is -4.59. The van der Waals surface area contributed by atoms with Gasteiger partial charge in [0.1, 0.15) is 11.8 Å². The summed E-state index contributed by atoms with van der Waals surface area (Å²) in [6, 6.07) is 10.4. The van der Waals surface area contributed by atoms with E-state index >= 15 is 0 Å². The van der Waals surface area contributed by atoms with Crippen molar-refractivity contribution < 1.29 is 13.2 Å². The van der Waals surface area contributed by atoms with Gasteiger partial charge < -0.3 is 4.98 Å². The number of halogens is 3. The third-order valence-electron chi connectivity index (χ3n) is 2.54. The predicted octanol–water partition coefficient (Wildman–Crippen LogP) is 3.44. The average molecular weight is 261 g/mol. The highest BCUT2D eigenvalue weighted by molar-refractivity contribution is 5.64. The maximum Gasteiger partial charge on any atom is 0.419 e. The van der Waals surface area contributed by atoms with Crippen LogP contribution in [0.2, 0.25) is 0 Å². The van der Waals surface area contributed by atoms with E-state index in [9.17, 15) is 13.2 Å². The zero-order valence-corrected chi connectivity index (χ0v) is 9.42. The minimum absolute atomic E-state index is 0.154. The second-order valence-electron chi connectivity index (χ2n) is 3.77. The molecule has 0 aliphatic heterocycles. The quantitative estimate of drug-likeness (QED) is 0.854. The van der Waals surface area contributed by atoms with E-state index in [-0.39, 0.29) is 5.69 Å². The standard InChI is InChI=1S/C13H6F3N3/c14-13(15,16)10-5-11(19-12(10)7-18)9-3-1-2-8(4-9)6-17/h1-5,19H. The maximum absolute atomic E-state index is 12.7. The maximum atomic E-state index is 12.7. The molecule has 0 saturated carbocycles. The fourth-order valence-electron chi connectivity index (χ4n) is 1.68. The summed E-state index contributed by atoms with van der Waals surface area (Å²) in [5, 5.41) is 17.5. The van der Waals surface area contributed by atoms with Crippen molar-refractivity contribution in [2.45, 2.75) is 6.18 Å². The highest BCUT2D eigenvalue weighted by Crippen LogP contribution is 2.34. The Labute approximate surface area is 106 Å². The first-order chi connectivity index (χ1) is 8.95. The minimum Gasteiger partial charge on any atom is -0.346 e. The van der Waals surface area contributed by atoms with Crippen LogP contribution in [-0.2, 0) is 6.18 Å². The molecule has 1 heterocycles. The van der Waals surface area contributed by atoms with Crippen molar-refractivity contribution in [3.8, 4) is 23.4 Å². The van der Waals surface area contributed by atoms with Crippen molar-refractivity contribution in [3.63, 3.8) is 0 Å². The third-order valence-corrected chi connectivity index (χ3v) is 2.54. The van der Waals surface area contributed by atoms with E-state index in [1.165, 1.54) is 12.1 Å². The number of benzene rings is 1. The lowest BCUT2D eigenvalue weighted by Gasteiger charge is -2.02. The van der Waals surface area contributed by atoms with Gasteiger partial charge >= 0.3 is 6.18 Å². The first-order valence-corrected chi connectivity index (χ1v) is 5.16. The number of nitrogens with one attached hydrogen (secondary N) is 1. The van der Waals surface area contributed by atoms with Crippen LogP contribution in [-0.4, -0.2) is 4.98 Å². The van der Waals surface area contributed by atoms with Crippen LogP contribution >= 0.6 is 0 Å². The molecule has 1 aromatic heterocycles. The Kier molecular flexibility index (Phi) is 3.02. The van der Waals surface area contributed by atoms with E-state index in [4.69, 9.17) is 10.5 Å². The molecule has 1 N–H and O–H groups in total. The number of aromatic nitrogens is 1. The molecule has 0 bridgehead atoms. The first-order valence-electron chi connectivity index (χ1n) is 5.16. The summed E-state index contributed by atoms with van der Waals surface area (Å²) in [7, 11) is 0. The van der Waals surface area contributed by atoms with Crippen molar-refractivity contribution >= 4 is 0 Å². The lowest BCUT2D eigenvalue weighted by Crippen LogP contribution is -2.05. The number of rotatable bonds is 1. The number of aromatic amines is 1. The zero-order chi connectivity index (χ0) is 14.0. The third kappa shape index (κ3) is 2.43. The van der Waals surface area contributed by atoms with Crippen LogP contribution in [0, 0.1) is 22.7 Å². The van der Waals surface area contributed by atoms with E-state index < -0.39 is 17.4 Å². The van der Waals surface area contributed by atoms with Crippen LogP contribution in [0.1, 0.15) is 16.8 Å². The summed E-state index contributed by atoms with van der Waals surface area (Å²) >= 11 is 0. The van der Waals surface area contributed by atoms with E-state index in [0.717, 1.165) is 6.07 Å². The van der Waals surface area contributed by atoms with Gasteiger partial charge in [0.15, 0.2) is 0 Å². The molecule has 6 heteroatoms. The normalized spacial score (nSPS) is 10.8. The fourth-order valence-corrected chi connectivity index (χ4v) is 1.68. The smallest absolute Gasteiger partial charge is 0.346 e. The van der Waals surface area contributed by atoms with Gasteiger partial charge in [-0.15, -0.1) is 0 Å². The van der Waals surface area contributed by atoms with Gasteiger partial charge in [-0.05, 0) is 23.8 Å². The molecule has 0 saturated heterocycles. The monoisotopic (exact) mass is 261 g/mol. The number of hydrogen-bond donors (Lipinski definition) is 1. The molecule has 0 aliphatic rings. The van der Waals surface area contributed by atoms with Crippen molar-refractivity contribution in [2.75, 3.05) is 0 Å². The molecule has 1 aromatic carbocycles. The Hall–Kier alpha value is -2.73. The Morgan fingerprint density at radius 1 is 1.05 bits per heavy atom. The molecule has 3 nitrogen and oxygen atoms in total. The summed E-state index contributed by atoms with van der Waals surface area (Å²) in [5.41, 5.74) is -0.636. The summed E-state index contributed by atoms with van der Waals surface area (Å²) in [4.78, 5) is 2.42. The van der Waals surface area contributed by atoms with Crippen LogP contribution in [0.25, 0.3) is 11.3 Å². The molecular weight excluding hydrogens is 255 g/mol. The molecule has 0 fully saturated rings. The lowest BCUT2D eigenvalue weighted by atomic mass is 10.1. The van der Waals surface area contributed by atoms with E-state index in [1.807, 2.05) is 6.07 Å².